The molecule has 0 radical (unpaired) electrons. The molecule has 1 unspecified atom stereocenters. The molecule has 0 spiro atoms. The lowest BCUT2D eigenvalue weighted by Crippen LogP contribution is -2.27. The van der Waals surface area contributed by atoms with Crippen molar-refractivity contribution in [2.75, 3.05) is 6.61 Å². The molecule has 2 aliphatic rings. The fraction of sp³-hybridized carbons (Fsp3) is 0.636. The van der Waals surface area contributed by atoms with E-state index in [1.807, 2.05) is 6.08 Å². The lowest BCUT2D eigenvalue weighted by atomic mass is 9.90. The van der Waals surface area contributed by atoms with E-state index in [1.165, 1.54) is 6.42 Å². The highest BCUT2D eigenvalue weighted by molar-refractivity contribution is 8.17. The van der Waals surface area contributed by atoms with Crippen LogP contribution in [0.5, 0.6) is 0 Å². The molecule has 2 rings (SSSR count). The molecule has 0 aromatic carbocycles. The van der Waals surface area contributed by atoms with Crippen molar-refractivity contribution in [3.05, 3.63) is 23.1 Å². The highest BCUT2D eigenvalue weighted by atomic mass is 35.7. The smallest absolute Gasteiger partial charge is 0.260 e. The Hall–Kier alpha value is -0.320. The van der Waals surface area contributed by atoms with Crippen molar-refractivity contribution >= 4 is 19.7 Å². The van der Waals surface area contributed by atoms with Crippen LogP contribution in [-0.4, -0.2) is 21.1 Å². The van der Waals surface area contributed by atoms with Crippen molar-refractivity contribution in [1.82, 2.24) is 0 Å². The van der Waals surface area contributed by atoms with Gasteiger partial charge in [0.05, 0.1) is 11.0 Å². The van der Waals surface area contributed by atoms with E-state index in [2.05, 4.69) is 0 Å². The van der Waals surface area contributed by atoms with Gasteiger partial charge in [0.15, 0.2) is 0 Å². The molecular weight excluding hydrogens is 248 g/mol. The van der Waals surface area contributed by atoms with E-state index < -0.39 is 9.05 Å². The van der Waals surface area contributed by atoms with Gasteiger partial charge in [-0.1, -0.05) is 12.2 Å². The summed E-state index contributed by atoms with van der Waals surface area (Å²) in [7, 11) is 1.69. The first-order valence-corrected chi connectivity index (χ1v) is 7.83. The summed E-state index contributed by atoms with van der Waals surface area (Å²) < 4.78 is 27.8. The topological polar surface area (TPSA) is 43.4 Å². The van der Waals surface area contributed by atoms with Gasteiger partial charge < -0.3 is 4.74 Å². The fourth-order valence-corrected chi connectivity index (χ4v) is 3.06. The Bertz CT molecular complexity index is 405. The third-order valence-electron chi connectivity index (χ3n) is 3.07. The molecule has 0 saturated carbocycles. The number of hydrogen-bond donors (Lipinski definition) is 0. The first-order valence-electron chi connectivity index (χ1n) is 5.52. The molecule has 90 valence electrons. The lowest BCUT2D eigenvalue weighted by Gasteiger charge is -2.29. The molecule has 1 aliphatic heterocycles. The average Bonchev–Trinajstić information content (AvgIpc) is 2.29. The highest BCUT2D eigenvalue weighted by Crippen LogP contribution is 2.29. The van der Waals surface area contributed by atoms with E-state index in [4.69, 9.17) is 15.4 Å². The minimum Gasteiger partial charge on any atom is -0.378 e. The Morgan fingerprint density at radius 1 is 1.38 bits per heavy atom. The Balaban J connectivity index is 2.00. The van der Waals surface area contributed by atoms with E-state index in [1.54, 1.807) is 12.2 Å². The molecule has 1 aliphatic carbocycles. The van der Waals surface area contributed by atoms with Gasteiger partial charge in [-0.15, -0.1) is 0 Å². The standard InChI is InChI=1S/C11H15ClO3S/c12-16(13,14)10-6-4-9(5-7-10)11-3-1-2-8-15-11/h4,6-7,9,11H,1-3,5,8H2/t9?,11-/m1/s1. The van der Waals surface area contributed by atoms with Crippen molar-refractivity contribution in [1.29, 1.82) is 0 Å². The maximum atomic E-state index is 11.1. The summed E-state index contributed by atoms with van der Waals surface area (Å²) in [5, 5.41) is 0. The van der Waals surface area contributed by atoms with Crippen molar-refractivity contribution in [3.63, 3.8) is 0 Å². The van der Waals surface area contributed by atoms with Crippen molar-refractivity contribution in [3.8, 4) is 0 Å². The second-order valence-corrected chi connectivity index (χ2v) is 6.77. The molecule has 0 amide bonds. The molecule has 16 heavy (non-hydrogen) atoms. The zero-order valence-corrected chi connectivity index (χ0v) is 10.5. The Kier molecular flexibility index (Phi) is 3.72. The third kappa shape index (κ3) is 2.87. The van der Waals surface area contributed by atoms with Crippen molar-refractivity contribution in [2.45, 2.75) is 31.8 Å². The van der Waals surface area contributed by atoms with Crippen molar-refractivity contribution < 1.29 is 13.2 Å². The molecule has 3 nitrogen and oxygen atoms in total. The maximum Gasteiger partial charge on any atom is 0.260 e. The van der Waals surface area contributed by atoms with Crippen LogP contribution in [0.1, 0.15) is 25.7 Å². The van der Waals surface area contributed by atoms with Crippen LogP contribution in [-0.2, 0) is 13.8 Å². The highest BCUT2D eigenvalue weighted by Gasteiger charge is 2.25. The van der Waals surface area contributed by atoms with Crippen LogP contribution in [0.3, 0.4) is 0 Å². The molecule has 0 aromatic rings. The summed E-state index contributed by atoms with van der Waals surface area (Å²) in [6, 6.07) is 0. The summed E-state index contributed by atoms with van der Waals surface area (Å²) in [6.07, 6.45) is 9.50. The van der Waals surface area contributed by atoms with E-state index in [9.17, 15) is 8.42 Å². The SMILES string of the molecule is O=S(=O)(Cl)C1=CCC([C@H]2CCCCO2)C=C1. The minimum atomic E-state index is -3.57. The van der Waals surface area contributed by atoms with Crippen LogP contribution in [0, 0.1) is 5.92 Å². The van der Waals surface area contributed by atoms with Gasteiger partial charge in [-0.25, -0.2) is 8.42 Å². The number of allylic oxidation sites excluding steroid dienone is 2. The Morgan fingerprint density at radius 3 is 2.69 bits per heavy atom. The fourth-order valence-electron chi connectivity index (χ4n) is 2.18. The van der Waals surface area contributed by atoms with Crippen LogP contribution in [0.15, 0.2) is 23.1 Å². The number of rotatable bonds is 2. The zero-order chi connectivity index (χ0) is 11.6. The summed E-state index contributed by atoms with van der Waals surface area (Å²) in [6.45, 7) is 0.819. The quantitative estimate of drug-likeness (QED) is 0.719. The van der Waals surface area contributed by atoms with Gasteiger partial charge in [0, 0.05) is 23.2 Å². The summed E-state index contributed by atoms with van der Waals surface area (Å²) in [4.78, 5) is 0.209. The predicted molar refractivity (Wildman–Crippen MR) is 63.7 cm³/mol. The van der Waals surface area contributed by atoms with Crippen LogP contribution in [0.2, 0.25) is 0 Å². The minimum absolute atomic E-state index is 0.209. The molecule has 0 aromatic heterocycles. The molecule has 1 heterocycles. The first-order chi connectivity index (χ1) is 7.57. The predicted octanol–water partition coefficient (Wildman–Crippen LogP) is 2.58. The van der Waals surface area contributed by atoms with Gasteiger partial charge in [-0.2, -0.15) is 0 Å². The molecule has 0 N–H and O–H groups in total. The number of hydrogen-bond acceptors (Lipinski definition) is 3. The van der Waals surface area contributed by atoms with Gasteiger partial charge in [0.2, 0.25) is 0 Å². The largest absolute Gasteiger partial charge is 0.378 e. The second-order valence-electron chi connectivity index (χ2n) is 4.21. The van der Waals surface area contributed by atoms with E-state index in [0.29, 0.717) is 12.3 Å². The van der Waals surface area contributed by atoms with Gasteiger partial charge in [0.25, 0.3) is 9.05 Å². The first kappa shape index (κ1) is 12.1. The summed E-state index contributed by atoms with van der Waals surface area (Å²) in [5.41, 5.74) is 0. The van der Waals surface area contributed by atoms with Crippen LogP contribution in [0.25, 0.3) is 0 Å². The molecule has 5 heteroatoms. The van der Waals surface area contributed by atoms with E-state index in [-0.39, 0.29) is 11.0 Å². The molecule has 1 saturated heterocycles. The van der Waals surface area contributed by atoms with Gasteiger partial charge in [-0.05, 0) is 31.8 Å². The van der Waals surface area contributed by atoms with E-state index in [0.717, 1.165) is 19.4 Å². The Labute approximate surface area is 101 Å². The summed E-state index contributed by atoms with van der Waals surface area (Å²) >= 11 is 0. The number of halogens is 1. The van der Waals surface area contributed by atoms with Crippen LogP contribution < -0.4 is 0 Å². The van der Waals surface area contributed by atoms with Crippen LogP contribution in [0.4, 0.5) is 0 Å². The lowest BCUT2D eigenvalue weighted by molar-refractivity contribution is -0.00850. The van der Waals surface area contributed by atoms with E-state index >= 15 is 0 Å². The molecule has 1 fully saturated rings. The normalized spacial score (nSPS) is 31.2. The van der Waals surface area contributed by atoms with Gasteiger partial charge in [-0.3, -0.25) is 0 Å². The Morgan fingerprint density at radius 2 is 2.19 bits per heavy atom. The monoisotopic (exact) mass is 262 g/mol. The maximum absolute atomic E-state index is 11.1. The zero-order valence-electron chi connectivity index (χ0n) is 8.93. The second kappa shape index (κ2) is 4.90. The molecule has 2 atom stereocenters. The number of ether oxygens (including phenoxy) is 1. The average molecular weight is 263 g/mol. The van der Waals surface area contributed by atoms with Gasteiger partial charge in [0.1, 0.15) is 0 Å². The summed E-state index contributed by atoms with van der Waals surface area (Å²) in [5.74, 6) is 0.294. The molecule has 0 bridgehead atoms. The molecular formula is C11H15ClO3S. The third-order valence-corrected chi connectivity index (χ3v) is 4.47. The van der Waals surface area contributed by atoms with Crippen molar-refractivity contribution in [2.24, 2.45) is 5.92 Å². The van der Waals surface area contributed by atoms with Crippen LogP contribution >= 0.6 is 10.7 Å². The van der Waals surface area contributed by atoms with Gasteiger partial charge >= 0.3 is 0 Å².